The van der Waals surface area contributed by atoms with Crippen LogP contribution in [0.2, 0.25) is 0 Å². The Labute approximate surface area is 227 Å². The molecule has 1 atom stereocenters. The summed E-state index contributed by atoms with van der Waals surface area (Å²) in [5, 5.41) is 27.6. The first-order chi connectivity index (χ1) is 19.2. The van der Waals surface area contributed by atoms with Gasteiger partial charge in [0.15, 0.2) is 0 Å². The third kappa shape index (κ3) is 5.23. The van der Waals surface area contributed by atoms with Gasteiger partial charge in [0.25, 0.3) is 0 Å². The zero-order valence-corrected chi connectivity index (χ0v) is 21.4. The number of aromatic hydroxyl groups is 2. The van der Waals surface area contributed by atoms with Crippen LogP contribution < -0.4 is 0 Å². The molecule has 39 heavy (non-hydrogen) atoms. The summed E-state index contributed by atoms with van der Waals surface area (Å²) in [6.45, 7) is 0.428. The minimum atomic E-state index is -0.169. The van der Waals surface area contributed by atoms with Crippen molar-refractivity contribution in [1.82, 2.24) is 0 Å². The molecule has 0 aliphatic rings. The summed E-state index contributed by atoms with van der Waals surface area (Å²) >= 11 is 0. The fraction of sp³-hybridized carbons (Fsp3) is 0.0857. The number of benzene rings is 6. The molecular formula is C35H28N2O2. The maximum absolute atomic E-state index is 10.6. The maximum Gasteiger partial charge on any atom is 0.124 e. The van der Waals surface area contributed by atoms with E-state index in [9.17, 15) is 10.2 Å². The molecule has 0 aliphatic carbocycles. The number of phenols is 2. The number of hydrogen-bond donors (Lipinski definition) is 2. The summed E-state index contributed by atoms with van der Waals surface area (Å²) < 4.78 is 0. The summed E-state index contributed by atoms with van der Waals surface area (Å²) in [5.41, 5.74) is 2.57. The fourth-order valence-electron chi connectivity index (χ4n) is 5.09. The van der Waals surface area contributed by atoms with Gasteiger partial charge in [0.2, 0.25) is 0 Å². The molecule has 0 saturated carbocycles. The largest absolute Gasteiger partial charge is 0.507 e. The Morgan fingerprint density at radius 3 is 1.77 bits per heavy atom. The summed E-state index contributed by atoms with van der Waals surface area (Å²) in [6, 6.07) is 37.8. The quantitative estimate of drug-likeness (QED) is 0.217. The van der Waals surface area contributed by atoms with Gasteiger partial charge in [0, 0.05) is 23.6 Å². The van der Waals surface area contributed by atoms with E-state index in [4.69, 9.17) is 9.98 Å². The van der Waals surface area contributed by atoms with Gasteiger partial charge < -0.3 is 10.2 Å². The van der Waals surface area contributed by atoms with E-state index < -0.39 is 0 Å². The molecule has 0 spiro atoms. The molecule has 0 radical (unpaired) electrons. The normalized spacial score (nSPS) is 12.7. The van der Waals surface area contributed by atoms with E-state index in [-0.39, 0.29) is 17.5 Å². The first-order valence-electron chi connectivity index (χ1n) is 13.1. The van der Waals surface area contributed by atoms with Crippen molar-refractivity contribution >= 4 is 44.7 Å². The van der Waals surface area contributed by atoms with Crippen LogP contribution in [0.15, 0.2) is 125 Å². The molecule has 0 heterocycles. The Morgan fingerprint density at radius 1 is 0.564 bits per heavy atom. The molecule has 6 rings (SSSR count). The molecule has 0 aliphatic heterocycles. The SMILES string of the molecule is Oc1ccc2ccccc2c1C=NCC(Cc1ccc2ccccc2c1)N=Cc1c(O)ccc2ccccc12. The number of phenolic OH excluding ortho intramolecular Hbond substituents is 2. The van der Waals surface area contributed by atoms with E-state index in [1.54, 1.807) is 24.6 Å². The van der Waals surface area contributed by atoms with Gasteiger partial charge in [-0.3, -0.25) is 9.98 Å². The van der Waals surface area contributed by atoms with Crippen LogP contribution in [-0.4, -0.2) is 35.2 Å². The minimum Gasteiger partial charge on any atom is -0.507 e. The van der Waals surface area contributed by atoms with Gasteiger partial charge in [-0.25, -0.2) is 0 Å². The first-order valence-corrected chi connectivity index (χ1v) is 13.1. The average molecular weight is 509 g/mol. The minimum absolute atomic E-state index is 0.169. The molecule has 190 valence electrons. The third-order valence-corrected chi connectivity index (χ3v) is 7.13. The topological polar surface area (TPSA) is 65.2 Å². The van der Waals surface area contributed by atoms with Crippen molar-refractivity contribution in [3.05, 3.63) is 132 Å². The smallest absolute Gasteiger partial charge is 0.124 e. The number of aliphatic imine (C=N–C) groups is 2. The number of nitrogens with zero attached hydrogens (tertiary/aromatic N) is 2. The predicted octanol–water partition coefficient (Wildman–Crippen LogP) is 7.71. The Morgan fingerprint density at radius 2 is 1.10 bits per heavy atom. The van der Waals surface area contributed by atoms with Crippen molar-refractivity contribution in [1.29, 1.82) is 0 Å². The summed E-state index contributed by atoms with van der Waals surface area (Å²) in [5.74, 6) is 0.402. The van der Waals surface area contributed by atoms with Crippen LogP contribution in [-0.2, 0) is 6.42 Å². The van der Waals surface area contributed by atoms with Crippen LogP contribution >= 0.6 is 0 Å². The van der Waals surface area contributed by atoms with Crippen LogP contribution in [0, 0.1) is 0 Å². The highest BCUT2D eigenvalue weighted by Gasteiger charge is 2.11. The fourth-order valence-corrected chi connectivity index (χ4v) is 5.09. The van der Waals surface area contributed by atoms with Crippen LogP contribution in [0.3, 0.4) is 0 Å². The molecule has 0 fully saturated rings. The van der Waals surface area contributed by atoms with Crippen molar-refractivity contribution in [2.45, 2.75) is 12.5 Å². The molecule has 6 aromatic rings. The van der Waals surface area contributed by atoms with E-state index in [1.165, 1.54) is 16.3 Å². The van der Waals surface area contributed by atoms with Crippen molar-refractivity contribution in [2.75, 3.05) is 6.54 Å². The van der Waals surface area contributed by atoms with Crippen LogP contribution in [0.4, 0.5) is 0 Å². The van der Waals surface area contributed by atoms with Crippen LogP contribution in [0.1, 0.15) is 16.7 Å². The lowest BCUT2D eigenvalue weighted by molar-refractivity contribution is 0.474. The van der Waals surface area contributed by atoms with Gasteiger partial charge in [-0.1, -0.05) is 103 Å². The van der Waals surface area contributed by atoms with Crippen LogP contribution in [0.5, 0.6) is 11.5 Å². The molecule has 0 amide bonds. The van der Waals surface area contributed by atoms with Crippen molar-refractivity contribution in [3.8, 4) is 11.5 Å². The molecule has 2 N–H and O–H groups in total. The molecule has 0 aromatic heterocycles. The molecule has 1 unspecified atom stereocenters. The van der Waals surface area contributed by atoms with Crippen LogP contribution in [0.25, 0.3) is 32.3 Å². The lowest BCUT2D eigenvalue weighted by Gasteiger charge is -2.12. The van der Waals surface area contributed by atoms with Crippen molar-refractivity contribution < 1.29 is 10.2 Å². The Hall–Kier alpha value is -4.96. The monoisotopic (exact) mass is 508 g/mol. The molecule has 0 saturated heterocycles. The third-order valence-electron chi connectivity index (χ3n) is 7.13. The number of hydrogen-bond acceptors (Lipinski definition) is 4. The average Bonchev–Trinajstić information content (AvgIpc) is 2.97. The summed E-state index contributed by atoms with van der Waals surface area (Å²) in [4.78, 5) is 9.68. The zero-order chi connectivity index (χ0) is 26.6. The molecule has 4 heteroatoms. The second-order valence-corrected chi connectivity index (χ2v) is 9.75. The zero-order valence-electron chi connectivity index (χ0n) is 21.4. The number of fused-ring (bicyclic) bond motifs is 3. The second-order valence-electron chi connectivity index (χ2n) is 9.75. The summed E-state index contributed by atoms with van der Waals surface area (Å²) in [6.07, 6.45) is 4.20. The van der Waals surface area contributed by atoms with Gasteiger partial charge >= 0.3 is 0 Å². The molecular weight excluding hydrogens is 480 g/mol. The maximum atomic E-state index is 10.6. The number of rotatable bonds is 7. The van der Waals surface area contributed by atoms with Gasteiger partial charge in [0.1, 0.15) is 11.5 Å². The predicted molar refractivity (Wildman–Crippen MR) is 163 cm³/mol. The molecule has 4 nitrogen and oxygen atoms in total. The van der Waals surface area contributed by atoms with Gasteiger partial charge in [-0.15, -0.1) is 0 Å². The second kappa shape index (κ2) is 10.8. The lowest BCUT2D eigenvalue weighted by atomic mass is 10.0. The summed E-state index contributed by atoms with van der Waals surface area (Å²) in [7, 11) is 0. The van der Waals surface area contributed by atoms with Gasteiger partial charge in [0.05, 0.1) is 12.6 Å². The standard InChI is InChI=1S/C35H28N2O2/c38-34-17-15-26-8-3-5-11-30(26)32(34)22-36-21-29(20-24-13-14-25-7-1-2-10-28(25)19-24)37-23-33-31-12-6-4-9-27(31)16-18-35(33)39/h1-19,22-23,29,38-39H,20-21H2. The van der Waals surface area contributed by atoms with Crippen molar-refractivity contribution in [2.24, 2.45) is 9.98 Å². The van der Waals surface area contributed by atoms with Gasteiger partial charge in [-0.05, 0) is 56.4 Å². The van der Waals surface area contributed by atoms with Crippen molar-refractivity contribution in [3.63, 3.8) is 0 Å². The van der Waals surface area contributed by atoms with E-state index in [2.05, 4.69) is 30.3 Å². The first kappa shape index (κ1) is 24.4. The van der Waals surface area contributed by atoms with E-state index in [0.717, 1.165) is 21.5 Å². The molecule has 6 aromatic carbocycles. The van der Waals surface area contributed by atoms with E-state index >= 15 is 0 Å². The highest BCUT2D eigenvalue weighted by molar-refractivity contribution is 6.03. The highest BCUT2D eigenvalue weighted by Crippen LogP contribution is 2.27. The van der Waals surface area contributed by atoms with E-state index in [1.807, 2.05) is 72.8 Å². The van der Waals surface area contributed by atoms with E-state index in [0.29, 0.717) is 24.1 Å². The Kier molecular flexibility index (Phi) is 6.75. The molecule has 0 bridgehead atoms. The Balaban J connectivity index is 1.34. The lowest BCUT2D eigenvalue weighted by Crippen LogP contribution is -2.14. The highest BCUT2D eigenvalue weighted by atomic mass is 16.3. The van der Waals surface area contributed by atoms with Gasteiger partial charge in [-0.2, -0.15) is 0 Å². The Bertz CT molecular complexity index is 1860.